The van der Waals surface area contributed by atoms with Crippen molar-refractivity contribution in [1.82, 2.24) is 0 Å². The van der Waals surface area contributed by atoms with Crippen molar-refractivity contribution in [2.75, 3.05) is 0 Å². The molecule has 0 heterocycles. The van der Waals surface area contributed by atoms with E-state index in [0.29, 0.717) is 10.7 Å². The van der Waals surface area contributed by atoms with Gasteiger partial charge in [-0.25, -0.2) is 0 Å². The smallest absolute Gasteiger partial charge is 0.106 e. The normalized spacial score (nSPS) is 19.6. The fourth-order valence-electron chi connectivity index (χ4n) is 0.639. The first kappa shape index (κ1) is 5.76. The zero-order valence-electron chi connectivity index (χ0n) is 4.46. The van der Waals surface area contributed by atoms with E-state index < -0.39 is 0 Å². The van der Waals surface area contributed by atoms with Crippen molar-refractivity contribution >= 4 is 12.6 Å². The van der Waals surface area contributed by atoms with Gasteiger partial charge < -0.3 is 5.11 Å². The highest BCUT2D eigenvalue weighted by Crippen LogP contribution is 2.18. The molecule has 1 rings (SSSR count). The molecule has 0 unspecified atom stereocenters. The van der Waals surface area contributed by atoms with E-state index in [1.165, 1.54) is 0 Å². The SMILES string of the molecule is OC1=C(S)C=CCC1. The number of allylic oxidation sites excluding steroid dienone is 3. The molecule has 0 saturated carbocycles. The first-order valence-electron chi connectivity index (χ1n) is 2.58. The van der Waals surface area contributed by atoms with Gasteiger partial charge in [-0.2, -0.15) is 0 Å². The molecule has 1 aliphatic rings. The molecule has 0 bridgehead atoms. The first-order valence-corrected chi connectivity index (χ1v) is 3.03. The Balaban J connectivity index is 2.76. The molecule has 0 radical (unpaired) electrons. The lowest BCUT2D eigenvalue weighted by molar-refractivity contribution is 0.386. The Morgan fingerprint density at radius 1 is 1.62 bits per heavy atom. The summed E-state index contributed by atoms with van der Waals surface area (Å²) in [5.74, 6) is 0.413. The lowest BCUT2D eigenvalue weighted by Crippen LogP contribution is -1.87. The van der Waals surface area contributed by atoms with Gasteiger partial charge in [0.25, 0.3) is 0 Å². The molecule has 2 heteroatoms. The molecule has 0 aliphatic heterocycles. The average Bonchev–Trinajstić information content (AvgIpc) is 1.77. The van der Waals surface area contributed by atoms with Crippen molar-refractivity contribution in [3.8, 4) is 0 Å². The van der Waals surface area contributed by atoms with Crippen LogP contribution in [-0.2, 0) is 0 Å². The fourth-order valence-corrected chi connectivity index (χ4v) is 0.856. The summed E-state index contributed by atoms with van der Waals surface area (Å²) >= 11 is 4.00. The number of aliphatic hydroxyl groups excluding tert-OH is 1. The molecule has 8 heavy (non-hydrogen) atoms. The summed E-state index contributed by atoms with van der Waals surface area (Å²) in [6, 6.07) is 0. The van der Waals surface area contributed by atoms with Crippen molar-refractivity contribution in [2.24, 2.45) is 0 Å². The third-order valence-electron chi connectivity index (χ3n) is 1.12. The van der Waals surface area contributed by atoms with Crippen molar-refractivity contribution in [3.63, 3.8) is 0 Å². The molecule has 0 aromatic heterocycles. The van der Waals surface area contributed by atoms with Crippen LogP contribution in [-0.4, -0.2) is 5.11 Å². The number of hydrogen-bond donors (Lipinski definition) is 2. The average molecular weight is 128 g/mol. The highest BCUT2D eigenvalue weighted by molar-refractivity contribution is 7.84. The van der Waals surface area contributed by atoms with E-state index in [1.807, 2.05) is 12.2 Å². The van der Waals surface area contributed by atoms with Crippen molar-refractivity contribution in [2.45, 2.75) is 12.8 Å². The van der Waals surface area contributed by atoms with Crippen molar-refractivity contribution in [1.29, 1.82) is 0 Å². The second-order valence-corrected chi connectivity index (χ2v) is 2.25. The molecule has 0 fully saturated rings. The largest absolute Gasteiger partial charge is 0.511 e. The van der Waals surface area contributed by atoms with Crippen LogP contribution in [0.25, 0.3) is 0 Å². The molecule has 0 atom stereocenters. The Bertz CT molecular complexity index is 147. The Labute approximate surface area is 54.1 Å². The van der Waals surface area contributed by atoms with Crippen LogP contribution in [0.15, 0.2) is 22.8 Å². The molecule has 0 amide bonds. The standard InChI is InChI=1S/C6H8OS/c7-5-3-1-2-4-6(5)8/h2,4,7-8H,1,3H2. The van der Waals surface area contributed by atoms with E-state index >= 15 is 0 Å². The second kappa shape index (κ2) is 2.27. The molecule has 0 aromatic rings. The van der Waals surface area contributed by atoms with Crippen LogP contribution in [0, 0.1) is 0 Å². The van der Waals surface area contributed by atoms with Crippen LogP contribution in [0.3, 0.4) is 0 Å². The number of rotatable bonds is 0. The number of aliphatic hydroxyl groups is 1. The summed E-state index contributed by atoms with van der Waals surface area (Å²) in [5, 5.41) is 8.93. The van der Waals surface area contributed by atoms with Gasteiger partial charge in [0, 0.05) is 11.3 Å². The molecule has 1 N–H and O–H groups in total. The summed E-state index contributed by atoms with van der Waals surface area (Å²) in [7, 11) is 0. The van der Waals surface area contributed by atoms with Crippen LogP contribution in [0.5, 0.6) is 0 Å². The Hall–Kier alpha value is -0.370. The molecule has 0 saturated heterocycles. The van der Waals surface area contributed by atoms with Gasteiger partial charge in [0.1, 0.15) is 5.76 Å². The zero-order chi connectivity index (χ0) is 5.98. The van der Waals surface area contributed by atoms with Gasteiger partial charge in [0.15, 0.2) is 0 Å². The van der Waals surface area contributed by atoms with E-state index in [0.717, 1.165) is 12.8 Å². The maximum atomic E-state index is 8.93. The van der Waals surface area contributed by atoms with E-state index in [4.69, 9.17) is 5.11 Å². The summed E-state index contributed by atoms with van der Waals surface area (Å²) < 4.78 is 0. The molecule has 1 aliphatic carbocycles. The van der Waals surface area contributed by atoms with Crippen LogP contribution in [0.2, 0.25) is 0 Å². The van der Waals surface area contributed by atoms with Gasteiger partial charge >= 0.3 is 0 Å². The minimum Gasteiger partial charge on any atom is -0.511 e. The molecular formula is C6H8OS. The third-order valence-corrected chi connectivity index (χ3v) is 1.53. The van der Waals surface area contributed by atoms with Crippen molar-refractivity contribution in [3.05, 3.63) is 22.8 Å². The van der Waals surface area contributed by atoms with Gasteiger partial charge in [0.05, 0.1) is 0 Å². The van der Waals surface area contributed by atoms with Crippen molar-refractivity contribution < 1.29 is 5.11 Å². The summed E-state index contributed by atoms with van der Waals surface area (Å²) in [5.41, 5.74) is 0. The Morgan fingerprint density at radius 2 is 2.38 bits per heavy atom. The molecular weight excluding hydrogens is 120 g/mol. The number of hydrogen-bond acceptors (Lipinski definition) is 2. The third kappa shape index (κ3) is 1.07. The van der Waals surface area contributed by atoms with E-state index in [-0.39, 0.29) is 0 Å². The van der Waals surface area contributed by atoms with Gasteiger partial charge in [-0.1, -0.05) is 6.08 Å². The maximum Gasteiger partial charge on any atom is 0.106 e. The highest BCUT2D eigenvalue weighted by atomic mass is 32.1. The van der Waals surface area contributed by atoms with Gasteiger partial charge in [-0.15, -0.1) is 12.6 Å². The Morgan fingerprint density at radius 3 is 2.75 bits per heavy atom. The summed E-state index contributed by atoms with van der Waals surface area (Å²) in [4.78, 5) is 0.705. The van der Waals surface area contributed by atoms with Crippen LogP contribution in [0.4, 0.5) is 0 Å². The quantitative estimate of drug-likeness (QED) is 0.478. The second-order valence-electron chi connectivity index (χ2n) is 1.77. The predicted molar refractivity (Wildman–Crippen MR) is 37.0 cm³/mol. The molecule has 44 valence electrons. The molecule has 0 aromatic carbocycles. The summed E-state index contributed by atoms with van der Waals surface area (Å²) in [6.45, 7) is 0. The van der Waals surface area contributed by atoms with Crippen LogP contribution >= 0.6 is 12.6 Å². The highest BCUT2D eigenvalue weighted by Gasteiger charge is 2.00. The van der Waals surface area contributed by atoms with E-state index in [2.05, 4.69) is 12.6 Å². The van der Waals surface area contributed by atoms with Crippen LogP contribution in [0.1, 0.15) is 12.8 Å². The first-order chi connectivity index (χ1) is 3.80. The minimum absolute atomic E-state index is 0.413. The molecule has 1 nitrogen and oxygen atoms in total. The number of thiol groups is 1. The van der Waals surface area contributed by atoms with Gasteiger partial charge in [-0.3, -0.25) is 0 Å². The summed E-state index contributed by atoms with van der Waals surface area (Å²) in [6.07, 6.45) is 5.51. The Kier molecular flexibility index (Phi) is 1.63. The van der Waals surface area contributed by atoms with Gasteiger partial charge in [0.2, 0.25) is 0 Å². The minimum atomic E-state index is 0.413. The van der Waals surface area contributed by atoms with E-state index in [1.54, 1.807) is 0 Å². The van der Waals surface area contributed by atoms with Crippen LogP contribution < -0.4 is 0 Å². The predicted octanol–water partition coefficient (Wildman–Crippen LogP) is 2.04. The fraction of sp³-hybridized carbons (Fsp3) is 0.333. The lowest BCUT2D eigenvalue weighted by atomic mass is 10.2. The molecule has 0 spiro atoms. The topological polar surface area (TPSA) is 20.2 Å². The van der Waals surface area contributed by atoms with Gasteiger partial charge in [-0.05, 0) is 12.5 Å². The van der Waals surface area contributed by atoms with E-state index in [9.17, 15) is 0 Å². The zero-order valence-corrected chi connectivity index (χ0v) is 5.36. The lowest BCUT2D eigenvalue weighted by Gasteiger charge is -2.03. The monoisotopic (exact) mass is 128 g/mol. The maximum absolute atomic E-state index is 8.93.